The number of hydrogen-bond acceptors (Lipinski definition) is 3. The van der Waals surface area contributed by atoms with Crippen molar-refractivity contribution in [2.24, 2.45) is 0 Å². The van der Waals surface area contributed by atoms with Gasteiger partial charge in [-0.05, 0) is 35.7 Å². The molecule has 0 fully saturated rings. The van der Waals surface area contributed by atoms with Gasteiger partial charge in [0.1, 0.15) is 5.75 Å². The van der Waals surface area contributed by atoms with Gasteiger partial charge in [0.05, 0.1) is 25.1 Å². The first-order chi connectivity index (χ1) is 10.1. The maximum Gasteiger partial charge on any atom is 0.235 e. The molecular weight excluding hydrogens is 286 g/mol. The summed E-state index contributed by atoms with van der Waals surface area (Å²) in [4.78, 5) is 0. The van der Waals surface area contributed by atoms with E-state index in [9.17, 15) is 8.42 Å². The molecule has 21 heavy (non-hydrogen) atoms. The minimum absolute atomic E-state index is 0.167. The molecule has 0 N–H and O–H groups in total. The van der Waals surface area contributed by atoms with E-state index in [1.807, 2.05) is 48.5 Å². The highest BCUT2D eigenvalue weighted by Crippen LogP contribution is 2.30. The van der Waals surface area contributed by atoms with E-state index in [0.29, 0.717) is 13.0 Å². The van der Waals surface area contributed by atoms with Crippen LogP contribution in [0, 0.1) is 0 Å². The van der Waals surface area contributed by atoms with E-state index in [0.717, 1.165) is 22.6 Å². The van der Waals surface area contributed by atoms with Crippen molar-refractivity contribution in [3.63, 3.8) is 0 Å². The van der Waals surface area contributed by atoms with Crippen molar-refractivity contribution in [3.8, 4) is 5.75 Å². The summed E-state index contributed by atoms with van der Waals surface area (Å²) in [6, 6.07) is 15.2. The molecule has 0 amide bonds. The smallest absolute Gasteiger partial charge is 0.235 e. The molecule has 5 heteroatoms. The lowest BCUT2D eigenvalue weighted by atomic mass is 10.1. The number of anilines is 1. The number of aryl methyl sites for hydroxylation is 1. The van der Waals surface area contributed by atoms with Crippen molar-refractivity contribution in [2.45, 2.75) is 13.0 Å². The van der Waals surface area contributed by atoms with E-state index < -0.39 is 10.0 Å². The van der Waals surface area contributed by atoms with Crippen LogP contribution in [0.5, 0.6) is 5.75 Å². The molecule has 0 spiro atoms. The third-order valence-corrected chi connectivity index (χ3v) is 5.43. The van der Waals surface area contributed by atoms with Crippen LogP contribution in [0.1, 0.15) is 11.1 Å². The van der Waals surface area contributed by atoms with Crippen LogP contribution in [-0.2, 0) is 23.0 Å². The van der Waals surface area contributed by atoms with Crippen molar-refractivity contribution in [3.05, 3.63) is 59.7 Å². The van der Waals surface area contributed by atoms with Gasteiger partial charge in [-0.2, -0.15) is 0 Å². The summed E-state index contributed by atoms with van der Waals surface area (Å²) in [5, 5.41) is 0. The summed E-state index contributed by atoms with van der Waals surface area (Å²) >= 11 is 0. The van der Waals surface area contributed by atoms with Crippen LogP contribution in [0.3, 0.4) is 0 Å². The highest BCUT2D eigenvalue weighted by molar-refractivity contribution is 7.92. The highest BCUT2D eigenvalue weighted by atomic mass is 32.2. The molecule has 110 valence electrons. The van der Waals surface area contributed by atoms with E-state index in [-0.39, 0.29) is 5.75 Å². The van der Waals surface area contributed by atoms with Crippen LogP contribution in [0.15, 0.2) is 48.5 Å². The third-order valence-electron chi connectivity index (χ3n) is 3.71. The molecule has 4 nitrogen and oxygen atoms in total. The second-order valence-electron chi connectivity index (χ2n) is 5.05. The third kappa shape index (κ3) is 2.74. The Morgan fingerprint density at radius 2 is 1.81 bits per heavy atom. The summed E-state index contributed by atoms with van der Waals surface area (Å²) in [6.45, 7) is 0.351. The second-order valence-corrected chi connectivity index (χ2v) is 7.06. The molecule has 0 atom stereocenters. The molecule has 0 saturated heterocycles. The van der Waals surface area contributed by atoms with Crippen LogP contribution >= 0.6 is 0 Å². The molecule has 3 rings (SSSR count). The number of hydrogen-bond donors (Lipinski definition) is 0. The van der Waals surface area contributed by atoms with Crippen LogP contribution in [-0.4, -0.2) is 21.3 Å². The lowest BCUT2D eigenvalue weighted by molar-refractivity contribution is 0.414. The molecule has 1 aliphatic heterocycles. The highest BCUT2D eigenvalue weighted by Gasteiger charge is 2.29. The Morgan fingerprint density at radius 1 is 1.10 bits per heavy atom. The van der Waals surface area contributed by atoms with Gasteiger partial charge in [-0.15, -0.1) is 0 Å². The van der Waals surface area contributed by atoms with Gasteiger partial charge in [-0.3, -0.25) is 4.31 Å². The number of rotatable bonds is 3. The van der Waals surface area contributed by atoms with E-state index in [2.05, 4.69) is 0 Å². The monoisotopic (exact) mass is 303 g/mol. The lowest BCUT2D eigenvalue weighted by Crippen LogP contribution is -2.37. The largest absolute Gasteiger partial charge is 0.497 e. The summed E-state index contributed by atoms with van der Waals surface area (Å²) < 4.78 is 31.4. The predicted octanol–water partition coefficient (Wildman–Crippen LogP) is 2.59. The van der Waals surface area contributed by atoms with Crippen molar-refractivity contribution in [1.82, 2.24) is 0 Å². The van der Waals surface area contributed by atoms with Gasteiger partial charge in [0, 0.05) is 0 Å². The van der Waals surface area contributed by atoms with Gasteiger partial charge < -0.3 is 4.74 Å². The Kier molecular flexibility index (Phi) is 3.59. The fraction of sp³-hybridized carbons (Fsp3) is 0.250. The molecule has 1 heterocycles. The van der Waals surface area contributed by atoms with Gasteiger partial charge in [-0.1, -0.05) is 30.3 Å². The zero-order chi connectivity index (χ0) is 14.9. The Morgan fingerprint density at radius 3 is 2.52 bits per heavy atom. The zero-order valence-corrected chi connectivity index (χ0v) is 12.6. The molecule has 0 radical (unpaired) electrons. The molecule has 0 aliphatic carbocycles. The van der Waals surface area contributed by atoms with Crippen molar-refractivity contribution >= 4 is 15.7 Å². The number of ether oxygens (including phenoxy) is 1. The van der Waals surface area contributed by atoms with Gasteiger partial charge in [0.25, 0.3) is 0 Å². The molecule has 2 aromatic rings. The second kappa shape index (κ2) is 5.41. The van der Waals surface area contributed by atoms with E-state index in [1.165, 1.54) is 4.31 Å². The average Bonchev–Trinajstić information content (AvgIpc) is 2.51. The molecule has 1 aliphatic rings. The number of methoxy groups -OCH3 is 1. The number of para-hydroxylation sites is 1. The van der Waals surface area contributed by atoms with Gasteiger partial charge in [0.15, 0.2) is 0 Å². The van der Waals surface area contributed by atoms with E-state index in [4.69, 9.17) is 4.74 Å². The maximum absolute atomic E-state index is 12.4. The summed E-state index contributed by atoms with van der Waals surface area (Å²) in [6.07, 6.45) is 0.581. The summed E-state index contributed by atoms with van der Waals surface area (Å²) in [5.74, 6) is 0.931. The van der Waals surface area contributed by atoms with Gasteiger partial charge in [0.2, 0.25) is 10.0 Å². The minimum Gasteiger partial charge on any atom is -0.497 e. The maximum atomic E-state index is 12.4. The molecular formula is C16H17NO3S. The standard InChI is InChI=1S/C16H17NO3S/c1-20-15-8-6-13(7-9-15)12-17-16-5-3-2-4-14(16)10-11-21(17,18)19/h2-9H,10-12H2,1H3. The van der Waals surface area contributed by atoms with Crippen molar-refractivity contribution < 1.29 is 13.2 Å². The first kappa shape index (κ1) is 13.9. The topological polar surface area (TPSA) is 46.6 Å². The Balaban J connectivity index is 1.95. The van der Waals surface area contributed by atoms with E-state index in [1.54, 1.807) is 7.11 Å². The zero-order valence-electron chi connectivity index (χ0n) is 11.8. The molecule has 2 aromatic carbocycles. The summed E-state index contributed by atoms with van der Waals surface area (Å²) in [5.41, 5.74) is 2.82. The number of sulfonamides is 1. The fourth-order valence-corrected chi connectivity index (χ4v) is 4.07. The van der Waals surface area contributed by atoms with Crippen molar-refractivity contribution in [2.75, 3.05) is 17.2 Å². The Bertz CT molecular complexity index is 738. The molecule has 0 unspecified atom stereocenters. The fourth-order valence-electron chi connectivity index (χ4n) is 2.54. The number of benzene rings is 2. The normalized spacial score (nSPS) is 16.3. The lowest BCUT2D eigenvalue weighted by Gasteiger charge is -2.30. The molecule has 0 bridgehead atoms. The van der Waals surface area contributed by atoms with Crippen LogP contribution in [0.25, 0.3) is 0 Å². The predicted molar refractivity (Wildman–Crippen MR) is 83.1 cm³/mol. The quantitative estimate of drug-likeness (QED) is 0.875. The Hall–Kier alpha value is -2.01. The van der Waals surface area contributed by atoms with Crippen LogP contribution in [0.4, 0.5) is 5.69 Å². The van der Waals surface area contributed by atoms with E-state index >= 15 is 0 Å². The number of nitrogens with zero attached hydrogens (tertiary/aromatic N) is 1. The minimum atomic E-state index is -3.25. The van der Waals surface area contributed by atoms with Gasteiger partial charge >= 0.3 is 0 Å². The number of fused-ring (bicyclic) bond motifs is 1. The first-order valence-electron chi connectivity index (χ1n) is 6.81. The average molecular weight is 303 g/mol. The Labute approximate surface area is 125 Å². The molecule has 0 saturated carbocycles. The SMILES string of the molecule is COc1ccc(CN2c3ccccc3CCS2(=O)=O)cc1. The molecule has 0 aromatic heterocycles. The van der Waals surface area contributed by atoms with Crippen LogP contribution < -0.4 is 9.04 Å². The van der Waals surface area contributed by atoms with Crippen LogP contribution in [0.2, 0.25) is 0 Å². The van der Waals surface area contributed by atoms with Gasteiger partial charge in [-0.25, -0.2) is 8.42 Å². The first-order valence-corrected chi connectivity index (χ1v) is 8.42. The van der Waals surface area contributed by atoms with Crippen molar-refractivity contribution in [1.29, 1.82) is 0 Å². The summed E-state index contributed by atoms with van der Waals surface area (Å²) in [7, 11) is -1.64.